The molecule has 0 unspecified atom stereocenters. The number of hydrogen-bond donors (Lipinski definition) is 1. The highest BCUT2D eigenvalue weighted by Crippen LogP contribution is 2.32. The summed E-state index contributed by atoms with van der Waals surface area (Å²) in [5.41, 5.74) is 2.63. The van der Waals surface area contributed by atoms with Gasteiger partial charge in [-0.05, 0) is 41.1 Å². The van der Waals surface area contributed by atoms with E-state index < -0.39 is 0 Å². The number of fused-ring (bicyclic) bond motifs is 1. The van der Waals surface area contributed by atoms with Crippen LogP contribution >= 0.6 is 11.3 Å². The molecule has 2 aromatic heterocycles. The molecule has 2 heterocycles. The summed E-state index contributed by atoms with van der Waals surface area (Å²) in [5, 5.41) is 7.86. The van der Waals surface area contributed by atoms with Gasteiger partial charge in [-0.3, -0.25) is 4.98 Å². The Morgan fingerprint density at radius 3 is 3.11 bits per heavy atom. The number of nitrogens with one attached hydrogen (secondary N) is 1. The minimum Gasteiger partial charge on any atom is -0.316 e. The fourth-order valence-corrected chi connectivity index (χ4v) is 3.11. The van der Waals surface area contributed by atoms with Crippen LogP contribution in [0.2, 0.25) is 0 Å². The molecule has 18 heavy (non-hydrogen) atoms. The molecular weight excluding hydrogens is 240 g/mol. The second-order valence-corrected chi connectivity index (χ2v) is 5.16. The van der Waals surface area contributed by atoms with Gasteiger partial charge in [-0.2, -0.15) is 0 Å². The van der Waals surface area contributed by atoms with E-state index in [1.165, 1.54) is 26.8 Å². The number of aromatic nitrogens is 1. The zero-order valence-corrected chi connectivity index (χ0v) is 11.0. The van der Waals surface area contributed by atoms with Gasteiger partial charge in [0.15, 0.2) is 0 Å². The number of pyridine rings is 1. The SMILES string of the molecule is CNCc1csc(-c2cccc3cnccc23)c1. The van der Waals surface area contributed by atoms with Gasteiger partial charge in [-0.15, -0.1) is 11.3 Å². The van der Waals surface area contributed by atoms with E-state index in [1.807, 2.05) is 19.4 Å². The first-order valence-corrected chi connectivity index (χ1v) is 6.81. The van der Waals surface area contributed by atoms with Gasteiger partial charge in [0.1, 0.15) is 0 Å². The number of benzene rings is 1. The highest BCUT2D eigenvalue weighted by atomic mass is 32.1. The second kappa shape index (κ2) is 4.88. The summed E-state index contributed by atoms with van der Waals surface area (Å²) in [7, 11) is 1.97. The van der Waals surface area contributed by atoms with Gasteiger partial charge < -0.3 is 5.32 Å². The van der Waals surface area contributed by atoms with E-state index in [2.05, 4.69) is 46.0 Å². The zero-order chi connectivity index (χ0) is 12.4. The summed E-state index contributed by atoms with van der Waals surface area (Å²) in [6, 6.07) is 10.7. The molecule has 0 atom stereocenters. The van der Waals surface area contributed by atoms with Crippen molar-refractivity contribution in [2.24, 2.45) is 0 Å². The first-order chi connectivity index (χ1) is 8.88. The molecule has 0 spiro atoms. The van der Waals surface area contributed by atoms with Gasteiger partial charge in [-0.1, -0.05) is 18.2 Å². The van der Waals surface area contributed by atoms with Crippen molar-refractivity contribution in [1.29, 1.82) is 0 Å². The minimum absolute atomic E-state index is 0.919. The van der Waals surface area contributed by atoms with Gasteiger partial charge in [0.2, 0.25) is 0 Å². The predicted molar refractivity (Wildman–Crippen MR) is 77.8 cm³/mol. The van der Waals surface area contributed by atoms with Crippen LogP contribution in [0.4, 0.5) is 0 Å². The molecule has 0 saturated carbocycles. The summed E-state index contributed by atoms with van der Waals surface area (Å²) >= 11 is 1.80. The molecule has 0 fully saturated rings. The van der Waals surface area contributed by atoms with Crippen molar-refractivity contribution in [3.05, 3.63) is 53.7 Å². The molecule has 0 radical (unpaired) electrons. The Labute approximate surface area is 110 Å². The number of nitrogens with zero attached hydrogens (tertiary/aromatic N) is 1. The van der Waals surface area contributed by atoms with Crippen molar-refractivity contribution in [1.82, 2.24) is 10.3 Å². The van der Waals surface area contributed by atoms with Crippen molar-refractivity contribution in [2.45, 2.75) is 6.54 Å². The van der Waals surface area contributed by atoms with E-state index in [4.69, 9.17) is 0 Å². The third-order valence-corrected chi connectivity index (χ3v) is 3.99. The fraction of sp³-hybridized carbons (Fsp3) is 0.133. The van der Waals surface area contributed by atoms with Crippen LogP contribution in [0.3, 0.4) is 0 Å². The summed E-state index contributed by atoms with van der Waals surface area (Å²) in [6.07, 6.45) is 3.77. The van der Waals surface area contributed by atoms with Gasteiger partial charge >= 0.3 is 0 Å². The number of hydrogen-bond acceptors (Lipinski definition) is 3. The van der Waals surface area contributed by atoms with Crippen LogP contribution in [-0.4, -0.2) is 12.0 Å². The van der Waals surface area contributed by atoms with Gasteiger partial charge in [0, 0.05) is 29.2 Å². The maximum atomic E-state index is 4.18. The van der Waals surface area contributed by atoms with E-state index in [9.17, 15) is 0 Å². The van der Waals surface area contributed by atoms with Crippen molar-refractivity contribution >= 4 is 22.1 Å². The normalized spacial score (nSPS) is 10.9. The topological polar surface area (TPSA) is 24.9 Å². The smallest absolute Gasteiger partial charge is 0.0352 e. The molecule has 2 nitrogen and oxygen atoms in total. The molecule has 0 aliphatic carbocycles. The lowest BCUT2D eigenvalue weighted by Gasteiger charge is -2.03. The molecule has 0 amide bonds. The Morgan fingerprint density at radius 1 is 1.28 bits per heavy atom. The van der Waals surface area contributed by atoms with E-state index in [-0.39, 0.29) is 0 Å². The van der Waals surface area contributed by atoms with Crippen LogP contribution < -0.4 is 5.32 Å². The molecule has 0 aliphatic rings. The predicted octanol–water partition coefficient (Wildman–Crippen LogP) is 3.68. The highest BCUT2D eigenvalue weighted by molar-refractivity contribution is 7.13. The highest BCUT2D eigenvalue weighted by Gasteiger charge is 2.06. The van der Waals surface area contributed by atoms with Gasteiger partial charge in [0.25, 0.3) is 0 Å². The lowest BCUT2D eigenvalue weighted by molar-refractivity contribution is 0.821. The molecule has 0 aliphatic heterocycles. The average molecular weight is 254 g/mol. The molecule has 3 aromatic rings. The molecule has 0 bridgehead atoms. The molecule has 1 N–H and O–H groups in total. The summed E-state index contributed by atoms with van der Waals surface area (Å²) < 4.78 is 0. The Balaban J connectivity index is 2.12. The Bertz CT molecular complexity index is 668. The van der Waals surface area contributed by atoms with Crippen LogP contribution in [0.5, 0.6) is 0 Å². The van der Waals surface area contributed by atoms with Gasteiger partial charge in [0.05, 0.1) is 0 Å². The van der Waals surface area contributed by atoms with Crippen molar-refractivity contribution in [2.75, 3.05) is 7.05 Å². The minimum atomic E-state index is 0.919. The van der Waals surface area contributed by atoms with E-state index >= 15 is 0 Å². The van der Waals surface area contributed by atoms with Crippen molar-refractivity contribution in [3.8, 4) is 10.4 Å². The second-order valence-electron chi connectivity index (χ2n) is 4.25. The summed E-state index contributed by atoms with van der Waals surface area (Å²) in [5.74, 6) is 0. The first kappa shape index (κ1) is 11.4. The quantitative estimate of drug-likeness (QED) is 0.771. The Kier molecular flexibility index (Phi) is 3.09. The summed E-state index contributed by atoms with van der Waals surface area (Å²) in [4.78, 5) is 5.49. The zero-order valence-electron chi connectivity index (χ0n) is 10.2. The van der Waals surface area contributed by atoms with Crippen molar-refractivity contribution < 1.29 is 0 Å². The van der Waals surface area contributed by atoms with Crippen LogP contribution in [-0.2, 0) is 6.54 Å². The Hall–Kier alpha value is -1.71. The third kappa shape index (κ3) is 2.03. The van der Waals surface area contributed by atoms with Crippen LogP contribution in [0.15, 0.2) is 48.1 Å². The fourth-order valence-electron chi connectivity index (χ4n) is 2.15. The lowest BCUT2D eigenvalue weighted by atomic mass is 10.1. The maximum absolute atomic E-state index is 4.18. The van der Waals surface area contributed by atoms with Crippen LogP contribution in [0.1, 0.15) is 5.56 Å². The van der Waals surface area contributed by atoms with Crippen LogP contribution in [0.25, 0.3) is 21.2 Å². The maximum Gasteiger partial charge on any atom is 0.0352 e. The third-order valence-electron chi connectivity index (χ3n) is 2.98. The number of thiophene rings is 1. The monoisotopic (exact) mass is 254 g/mol. The molecule has 90 valence electrons. The number of rotatable bonds is 3. The largest absolute Gasteiger partial charge is 0.316 e. The standard InChI is InChI=1S/C15H14N2S/c1-16-8-11-7-15(18-10-11)14-4-2-3-12-9-17-6-5-13(12)14/h2-7,9-10,16H,8H2,1H3. The van der Waals surface area contributed by atoms with Crippen molar-refractivity contribution in [3.63, 3.8) is 0 Å². The van der Waals surface area contributed by atoms with E-state index in [0.717, 1.165) is 6.54 Å². The lowest BCUT2D eigenvalue weighted by Crippen LogP contribution is -2.03. The first-order valence-electron chi connectivity index (χ1n) is 5.93. The molecule has 1 aromatic carbocycles. The van der Waals surface area contributed by atoms with Gasteiger partial charge in [-0.25, -0.2) is 0 Å². The molecule has 3 rings (SSSR count). The molecule has 3 heteroatoms. The Morgan fingerprint density at radius 2 is 2.22 bits per heavy atom. The van der Waals surface area contributed by atoms with Crippen LogP contribution in [0, 0.1) is 0 Å². The molecular formula is C15H14N2S. The van der Waals surface area contributed by atoms with E-state index in [1.54, 1.807) is 11.3 Å². The molecule has 0 saturated heterocycles. The average Bonchev–Trinajstić information content (AvgIpc) is 2.87. The summed E-state index contributed by atoms with van der Waals surface area (Å²) in [6.45, 7) is 0.919. The van der Waals surface area contributed by atoms with E-state index in [0.29, 0.717) is 0 Å².